The van der Waals surface area contributed by atoms with Gasteiger partial charge in [-0.25, -0.2) is 13.2 Å². The molecule has 0 aliphatic carbocycles. The lowest BCUT2D eigenvalue weighted by molar-refractivity contribution is -0.143. The summed E-state index contributed by atoms with van der Waals surface area (Å²) in [7, 11) is -4.10. The molecule has 2 amide bonds. The van der Waals surface area contributed by atoms with E-state index in [-0.39, 0.29) is 43.3 Å². The molecule has 0 radical (unpaired) electrons. The fourth-order valence-electron chi connectivity index (χ4n) is 4.36. The van der Waals surface area contributed by atoms with Gasteiger partial charge in [0.05, 0.1) is 17.4 Å². The first-order valence-electron chi connectivity index (χ1n) is 13.7. The maximum Gasteiger partial charge on any atom is 0.343 e. The lowest BCUT2D eigenvalue weighted by Gasteiger charge is -2.18. The van der Waals surface area contributed by atoms with E-state index in [2.05, 4.69) is 27.3 Å². The Morgan fingerprint density at radius 2 is 1.47 bits per heavy atom. The quantitative estimate of drug-likeness (QED) is 0.136. The van der Waals surface area contributed by atoms with Gasteiger partial charge in [-0.3, -0.25) is 9.59 Å². The van der Waals surface area contributed by atoms with E-state index in [0.29, 0.717) is 12.2 Å². The second kappa shape index (κ2) is 16.7. The van der Waals surface area contributed by atoms with Gasteiger partial charge < -0.3 is 20.2 Å². The molecule has 0 saturated heterocycles. The van der Waals surface area contributed by atoms with Gasteiger partial charge in [0.15, 0.2) is 15.1 Å². The van der Waals surface area contributed by atoms with Gasteiger partial charge in [-0.2, -0.15) is 5.90 Å². The topological polar surface area (TPSA) is 154 Å². The number of carbonyl (C=O) groups is 3. The van der Waals surface area contributed by atoms with Crippen LogP contribution in [0.1, 0.15) is 43.2 Å². The molecule has 4 N–H and O–H groups in total. The van der Waals surface area contributed by atoms with Gasteiger partial charge in [-0.05, 0) is 61.6 Å². The zero-order valence-electron chi connectivity index (χ0n) is 23.8. The molecule has 0 saturated carbocycles. The Balaban J connectivity index is 1.49. The van der Waals surface area contributed by atoms with Gasteiger partial charge in [0, 0.05) is 6.54 Å². The number of rotatable bonds is 15. The normalized spacial score (nSPS) is 11.5. The minimum atomic E-state index is -4.10. The van der Waals surface area contributed by atoms with Crippen LogP contribution in [-0.4, -0.2) is 51.1 Å². The molecule has 3 aromatic rings. The van der Waals surface area contributed by atoms with Crippen molar-refractivity contribution in [3.8, 4) is 17.6 Å². The number of amides is 2. The number of benzene rings is 3. The molecule has 0 spiro atoms. The highest BCUT2D eigenvalue weighted by atomic mass is 32.2. The SMILES string of the molecule is CC#CCOc1ccc(S(=O)(=O)C(CCCCNC(=O)CNC(=O)C(c2ccccc2)c2ccccc2)C(=O)ON)cc1. The third kappa shape index (κ3) is 9.70. The van der Waals surface area contributed by atoms with Gasteiger partial charge in [-0.15, -0.1) is 5.92 Å². The number of nitrogens with one attached hydrogen (secondary N) is 2. The van der Waals surface area contributed by atoms with Crippen molar-refractivity contribution in [2.24, 2.45) is 5.90 Å². The number of hydrogen-bond donors (Lipinski definition) is 3. The van der Waals surface area contributed by atoms with Crippen LogP contribution >= 0.6 is 0 Å². The average Bonchev–Trinajstić information content (AvgIpc) is 3.03. The molecule has 0 aromatic heterocycles. The molecule has 43 heavy (non-hydrogen) atoms. The Bertz CT molecular complexity index is 1480. The summed E-state index contributed by atoms with van der Waals surface area (Å²) >= 11 is 0. The Kier molecular flexibility index (Phi) is 12.8. The van der Waals surface area contributed by atoms with Gasteiger partial charge in [0.1, 0.15) is 12.4 Å². The minimum absolute atomic E-state index is 0.0643. The molecule has 0 fully saturated rings. The Morgan fingerprint density at radius 1 is 0.860 bits per heavy atom. The van der Waals surface area contributed by atoms with Crippen molar-refractivity contribution in [3.63, 3.8) is 0 Å². The number of unbranched alkanes of at least 4 members (excludes halogenated alkanes) is 1. The van der Waals surface area contributed by atoms with E-state index in [1.807, 2.05) is 60.7 Å². The van der Waals surface area contributed by atoms with Crippen molar-refractivity contribution < 1.29 is 32.4 Å². The molecule has 0 aliphatic heterocycles. The fraction of sp³-hybridized carbons (Fsp3) is 0.281. The number of sulfone groups is 1. The lowest BCUT2D eigenvalue weighted by atomic mass is 9.90. The van der Waals surface area contributed by atoms with Crippen LogP contribution in [0.25, 0.3) is 0 Å². The first kappa shape index (κ1) is 32.8. The van der Waals surface area contributed by atoms with Crippen molar-refractivity contribution in [1.82, 2.24) is 10.6 Å². The first-order chi connectivity index (χ1) is 20.8. The molecular weight excluding hydrogens is 570 g/mol. The average molecular weight is 606 g/mol. The monoisotopic (exact) mass is 605 g/mol. The van der Waals surface area contributed by atoms with Gasteiger partial charge in [0.25, 0.3) is 0 Å². The van der Waals surface area contributed by atoms with Crippen molar-refractivity contribution in [2.45, 2.75) is 42.2 Å². The predicted octanol–water partition coefficient (Wildman–Crippen LogP) is 2.88. The van der Waals surface area contributed by atoms with Crippen LogP contribution in [0.3, 0.4) is 0 Å². The molecule has 0 aliphatic rings. The highest BCUT2D eigenvalue weighted by molar-refractivity contribution is 7.92. The van der Waals surface area contributed by atoms with Crippen molar-refractivity contribution >= 4 is 27.6 Å². The van der Waals surface area contributed by atoms with E-state index in [9.17, 15) is 22.8 Å². The summed E-state index contributed by atoms with van der Waals surface area (Å²) < 4.78 is 31.7. The second-order valence-corrected chi connectivity index (χ2v) is 11.6. The van der Waals surface area contributed by atoms with Crippen LogP contribution in [0.5, 0.6) is 5.75 Å². The van der Waals surface area contributed by atoms with E-state index in [1.54, 1.807) is 6.92 Å². The van der Waals surface area contributed by atoms with Crippen LogP contribution in [0.15, 0.2) is 89.8 Å². The Morgan fingerprint density at radius 3 is 2.02 bits per heavy atom. The van der Waals surface area contributed by atoms with Gasteiger partial charge >= 0.3 is 5.97 Å². The van der Waals surface area contributed by atoms with Gasteiger partial charge in [0.2, 0.25) is 11.8 Å². The van der Waals surface area contributed by atoms with Crippen LogP contribution < -0.4 is 21.3 Å². The maximum atomic E-state index is 13.2. The molecule has 3 rings (SSSR count). The third-order valence-electron chi connectivity index (χ3n) is 6.56. The van der Waals surface area contributed by atoms with E-state index < -0.39 is 32.9 Å². The number of carbonyl (C=O) groups excluding carboxylic acids is 3. The molecule has 10 nitrogen and oxygen atoms in total. The van der Waals surface area contributed by atoms with Crippen LogP contribution in [0.4, 0.5) is 0 Å². The van der Waals surface area contributed by atoms with Crippen LogP contribution in [0, 0.1) is 11.8 Å². The molecule has 0 bridgehead atoms. The zero-order valence-corrected chi connectivity index (χ0v) is 24.6. The molecule has 1 unspecified atom stereocenters. The van der Waals surface area contributed by atoms with E-state index in [4.69, 9.17) is 10.6 Å². The third-order valence-corrected chi connectivity index (χ3v) is 8.67. The van der Waals surface area contributed by atoms with E-state index in [0.717, 1.165) is 11.1 Å². The van der Waals surface area contributed by atoms with Gasteiger partial charge in [-0.1, -0.05) is 66.6 Å². The molecule has 226 valence electrons. The molecular formula is C32H35N3O7S. The van der Waals surface area contributed by atoms with E-state index >= 15 is 0 Å². The zero-order chi connectivity index (χ0) is 31.1. The molecule has 0 heterocycles. The first-order valence-corrected chi connectivity index (χ1v) is 15.2. The molecule has 11 heteroatoms. The molecule has 1 atom stereocenters. The lowest BCUT2D eigenvalue weighted by Crippen LogP contribution is -2.39. The fourth-order valence-corrected chi connectivity index (χ4v) is 5.99. The van der Waals surface area contributed by atoms with Crippen molar-refractivity contribution in [2.75, 3.05) is 19.7 Å². The summed E-state index contributed by atoms with van der Waals surface area (Å²) in [5.74, 6) is 8.54. The maximum absolute atomic E-state index is 13.2. The standard InChI is InChI=1S/C32H35N3O7S/c1-2-3-22-41-26-17-19-27(20-18-26)43(39,40)28(32(38)42-33)16-10-11-21-34-29(36)23-35-31(37)30(24-12-6-4-7-13-24)25-14-8-5-9-15-25/h4-9,12-15,17-20,28,30H,10-11,16,21-23,33H2,1H3,(H,34,36)(H,35,37). The summed E-state index contributed by atoms with van der Waals surface area (Å²) in [5.41, 5.74) is 1.61. The Hall–Kier alpha value is -4.66. The summed E-state index contributed by atoms with van der Waals surface area (Å²) in [6, 6.07) is 24.2. The van der Waals surface area contributed by atoms with Crippen LogP contribution in [-0.2, 0) is 29.1 Å². The number of ether oxygens (including phenoxy) is 1. The van der Waals surface area contributed by atoms with Crippen LogP contribution in [0.2, 0.25) is 0 Å². The smallest absolute Gasteiger partial charge is 0.343 e. The summed E-state index contributed by atoms with van der Waals surface area (Å²) in [5, 5.41) is 3.88. The largest absolute Gasteiger partial charge is 0.481 e. The highest BCUT2D eigenvalue weighted by Gasteiger charge is 2.35. The van der Waals surface area contributed by atoms with Crippen molar-refractivity contribution in [1.29, 1.82) is 0 Å². The number of nitrogens with two attached hydrogens (primary N) is 1. The summed E-state index contributed by atoms with van der Waals surface area (Å²) in [4.78, 5) is 42.0. The second-order valence-electron chi connectivity index (χ2n) is 9.48. The Labute approximate surface area is 251 Å². The minimum Gasteiger partial charge on any atom is -0.481 e. The summed E-state index contributed by atoms with van der Waals surface area (Å²) in [6.45, 7) is 1.83. The van der Waals surface area contributed by atoms with E-state index in [1.165, 1.54) is 24.3 Å². The highest BCUT2D eigenvalue weighted by Crippen LogP contribution is 2.25. The van der Waals surface area contributed by atoms with Crippen molar-refractivity contribution in [3.05, 3.63) is 96.1 Å². The summed E-state index contributed by atoms with van der Waals surface area (Å²) in [6.07, 6.45) is 0.600. The molecule has 3 aromatic carbocycles. The predicted molar refractivity (Wildman–Crippen MR) is 161 cm³/mol. The number of hydrogen-bond acceptors (Lipinski definition) is 8.